The average molecular weight is 387 g/mol. The third-order valence-corrected chi connectivity index (χ3v) is 4.33. The second-order valence-corrected chi connectivity index (χ2v) is 6.32. The number of rotatable bonds is 6. The van der Waals surface area contributed by atoms with Crippen molar-refractivity contribution in [3.63, 3.8) is 0 Å². The van der Waals surface area contributed by atoms with Gasteiger partial charge < -0.3 is 15.0 Å². The second kappa shape index (κ2) is 9.08. The Morgan fingerprint density at radius 1 is 1.32 bits per heavy atom. The van der Waals surface area contributed by atoms with E-state index in [2.05, 4.69) is 15.3 Å². The fourth-order valence-electron chi connectivity index (χ4n) is 2.91. The highest BCUT2D eigenvalue weighted by Gasteiger charge is 2.24. The first-order valence-electron chi connectivity index (χ1n) is 8.85. The van der Waals surface area contributed by atoms with Crippen LogP contribution in [0.2, 0.25) is 0 Å². The lowest BCUT2D eigenvalue weighted by atomic mass is 10.0. The van der Waals surface area contributed by atoms with Crippen LogP contribution in [-0.4, -0.2) is 52.9 Å². The predicted octanol–water partition coefficient (Wildman–Crippen LogP) is 2.71. The SMILES string of the molecule is N#Cc1ccc(NC2CCN(C(=O)c3cccc(OCC(F)F)n3)CC2)nc1. The van der Waals surface area contributed by atoms with Crippen molar-refractivity contribution >= 4 is 11.7 Å². The van der Waals surface area contributed by atoms with Gasteiger partial charge in [-0.1, -0.05) is 6.07 Å². The maximum atomic E-state index is 12.6. The van der Waals surface area contributed by atoms with Gasteiger partial charge in [0.2, 0.25) is 5.88 Å². The molecule has 0 aromatic carbocycles. The highest BCUT2D eigenvalue weighted by molar-refractivity contribution is 5.92. The van der Waals surface area contributed by atoms with Crippen LogP contribution in [0.3, 0.4) is 0 Å². The maximum absolute atomic E-state index is 12.6. The fraction of sp³-hybridized carbons (Fsp3) is 0.368. The molecule has 0 aliphatic carbocycles. The monoisotopic (exact) mass is 387 g/mol. The molecule has 1 fully saturated rings. The van der Waals surface area contributed by atoms with Crippen LogP contribution in [-0.2, 0) is 0 Å². The summed E-state index contributed by atoms with van der Waals surface area (Å²) in [5.41, 5.74) is 0.671. The van der Waals surface area contributed by atoms with E-state index >= 15 is 0 Å². The van der Waals surface area contributed by atoms with E-state index in [1.54, 1.807) is 29.2 Å². The molecule has 0 unspecified atom stereocenters. The lowest BCUT2D eigenvalue weighted by Crippen LogP contribution is -2.42. The number of alkyl halides is 2. The molecule has 0 atom stereocenters. The first-order chi connectivity index (χ1) is 13.5. The number of ether oxygens (including phenoxy) is 1. The minimum Gasteiger partial charge on any atom is -0.472 e. The lowest BCUT2D eigenvalue weighted by molar-refractivity contribution is 0.0704. The molecule has 2 aromatic heterocycles. The van der Waals surface area contributed by atoms with Gasteiger partial charge >= 0.3 is 0 Å². The normalized spacial score (nSPS) is 14.6. The first kappa shape index (κ1) is 19.5. The number of carbonyl (C=O) groups is 1. The van der Waals surface area contributed by atoms with Gasteiger partial charge in [-0.2, -0.15) is 5.26 Å². The molecule has 9 heteroatoms. The number of aromatic nitrogens is 2. The minimum absolute atomic E-state index is 0.00888. The van der Waals surface area contributed by atoms with Gasteiger partial charge in [0.1, 0.15) is 17.6 Å². The largest absolute Gasteiger partial charge is 0.472 e. The number of nitrogens with one attached hydrogen (secondary N) is 1. The molecule has 146 valence electrons. The number of nitrogens with zero attached hydrogens (tertiary/aromatic N) is 4. The third-order valence-electron chi connectivity index (χ3n) is 4.33. The van der Waals surface area contributed by atoms with Crippen LogP contribution in [0.15, 0.2) is 36.5 Å². The topological polar surface area (TPSA) is 91.1 Å². The smallest absolute Gasteiger partial charge is 0.272 e. The van der Waals surface area contributed by atoms with Gasteiger partial charge in [-0.3, -0.25) is 4.79 Å². The number of hydrogen-bond acceptors (Lipinski definition) is 6. The Morgan fingerprint density at radius 2 is 2.11 bits per heavy atom. The molecule has 2 aromatic rings. The summed E-state index contributed by atoms with van der Waals surface area (Å²) in [5.74, 6) is 0.446. The van der Waals surface area contributed by atoms with Gasteiger partial charge in [-0.25, -0.2) is 18.7 Å². The van der Waals surface area contributed by atoms with E-state index < -0.39 is 13.0 Å². The maximum Gasteiger partial charge on any atom is 0.272 e. The Morgan fingerprint density at radius 3 is 2.75 bits per heavy atom. The van der Waals surface area contributed by atoms with Crippen LogP contribution in [0.4, 0.5) is 14.6 Å². The van der Waals surface area contributed by atoms with Crippen LogP contribution >= 0.6 is 0 Å². The molecular formula is C19H19F2N5O2. The molecule has 7 nitrogen and oxygen atoms in total. The standard InChI is InChI=1S/C19H19F2N5O2/c20-16(21)12-28-18-3-1-2-15(25-18)19(27)26-8-6-14(7-9-26)24-17-5-4-13(10-22)11-23-17/h1-5,11,14,16H,6-9,12H2,(H,23,24). The Hall–Kier alpha value is -3.28. The Kier molecular flexibility index (Phi) is 6.32. The van der Waals surface area contributed by atoms with Crippen molar-refractivity contribution in [1.82, 2.24) is 14.9 Å². The van der Waals surface area contributed by atoms with Gasteiger partial charge in [0, 0.05) is 31.4 Å². The number of likely N-dealkylation sites (tertiary alicyclic amines) is 1. The van der Waals surface area contributed by atoms with E-state index in [-0.39, 0.29) is 23.5 Å². The van der Waals surface area contributed by atoms with E-state index in [4.69, 9.17) is 10.00 Å². The molecule has 3 heterocycles. The Balaban J connectivity index is 1.53. The minimum atomic E-state index is -2.60. The van der Waals surface area contributed by atoms with E-state index in [0.29, 0.717) is 24.5 Å². The van der Waals surface area contributed by atoms with Crippen molar-refractivity contribution in [2.45, 2.75) is 25.3 Å². The van der Waals surface area contributed by atoms with E-state index in [1.165, 1.54) is 12.3 Å². The number of piperidine rings is 1. The first-order valence-corrected chi connectivity index (χ1v) is 8.85. The zero-order chi connectivity index (χ0) is 19.9. The molecule has 0 spiro atoms. The lowest BCUT2D eigenvalue weighted by Gasteiger charge is -2.32. The molecule has 0 radical (unpaired) electrons. The average Bonchev–Trinajstić information content (AvgIpc) is 2.73. The van der Waals surface area contributed by atoms with Crippen molar-refractivity contribution in [2.24, 2.45) is 0 Å². The number of hydrogen-bond donors (Lipinski definition) is 1. The van der Waals surface area contributed by atoms with Crippen LogP contribution < -0.4 is 10.1 Å². The number of halogens is 2. The summed E-state index contributed by atoms with van der Waals surface area (Å²) >= 11 is 0. The highest BCUT2D eigenvalue weighted by atomic mass is 19.3. The van der Waals surface area contributed by atoms with Crippen molar-refractivity contribution < 1.29 is 18.3 Å². The summed E-state index contributed by atoms with van der Waals surface area (Å²) in [5, 5.41) is 12.1. The van der Waals surface area contributed by atoms with Crippen molar-refractivity contribution in [1.29, 1.82) is 5.26 Å². The van der Waals surface area contributed by atoms with Crippen molar-refractivity contribution in [3.05, 3.63) is 47.8 Å². The summed E-state index contributed by atoms with van der Waals surface area (Å²) < 4.78 is 29.4. The summed E-state index contributed by atoms with van der Waals surface area (Å²) in [7, 11) is 0. The molecule has 1 saturated heterocycles. The Bertz CT molecular complexity index is 846. The zero-order valence-corrected chi connectivity index (χ0v) is 15.0. The molecule has 1 aliphatic heterocycles. The highest BCUT2D eigenvalue weighted by Crippen LogP contribution is 2.18. The van der Waals surface area contributed by atoms with Crippen LogP contribution in [0, 0.1) is 11.3 Å². The third kappa shape index (κ3) is 5.13. The second-order valence-electron chi connectivity index (χ2n) is 6.32. The van der Waals surface area contributed by atoms with E-state index in [9.17, 15) is 13.6 Å². The van der Waals surface area contributed by atoms with Gasteiger partial charge in [0.15, 0.2) is 6.61 Å². The van der Waals surface area contributed by atoms with Crippen LogP contribution in [0.5, 0.6) is 5.88 Å². The molecule has 0 saturated carbocycles. The predicted molar refractivity (Wildman–Crippen MR) is 97.2 cm³/mol. The van der Waals surface area contributed by atoms with Gasteiger partial charge in [0.05, 0.1) is 5.56 Å². The molecule has 28 heavy (non-hydrogen) atoms. The molecule has 1 aliphatic rings. The number of amides is 1. The molecule has 1 amide bonds. The fourth-order valence-corrected chi connectivity index (χ4v) is 2.91. The Labute approximate surface area is 161 Å². The summed E-state index contributed by atoms with van der Waals surface area (Å²) in [4.78, 5) is 22.5. The van der Waals surface area contributed by atoms with Crippen LogP contribution in [0.1, 0.15) is 28.9 Å². The van der Waals surface area contributed by atoms with Crippen molar-refractivity contribution in [2.75, 3.05) is 25.0 Å². The number of pyridine rings is 2. The number of nitriles is 1. The van der Waals surface area contributed by atoms with Gasteiger partial charge in [0.25, 0.3) is 12.3 Å². The molecule has 3 rings (SSSR count). The zero-order valence-electron chi connectivity index (χ0n) is 15.0. The molecule has 0 bridgehead atoms. The number of anilines is 1. The molecular weight excluding hydrogens is 368 g/mol. The quantitative estimate of drug-likeness (QED) is 0.820. The molecule has 1 N–H and O–H groups in total. The number of carbonyl (C=O) groups excluding carboxylic acids is 1. The van der Waals surface area contributed by atoms with E-state index in [1.807, 2.05) is 6.07 Å². The van der Waals surface area contributed by atoms with Crippen molar-refractivity contribution in [3.8, 4) is 11.9 Å². The summed E-state index contributed by atoms with van der Waals surface area (Å²) in [6.07, 6.45) is 0.373. The van der Waals surface area contributed by atoms with E-state index in [0.717, 1.165) is 12.8 Å². The summed E-state index contributed by atoms with van der Waals surface area (Å²) in [6, 6.07) is 10.2. The van der Waals surface area contributed by atoms with Gasteiger partial charge in [-0.05, 0) is 31.0 Å². The van der Waals surface area contributed by atoms with Crippen LogP contribution in [0.25, 0.3) is 0 Å². The van der Waals surface area contributed by atoms with Gasteiger partial charge in [-0.15, -0.1) is 0 Å². The summed E-state index contributed by atoms with van der Waals surface area (Å²) in [6.45, 7) is 0.318.